The first-order valence-electron chi connectivity index (χ1n) is 6.86. The quantitative estimate of drug-likeness (QED) is 0.763. The molecule has 0 unspecified atom stereocenters. The van der Waals surface area contributed by atoms with Crippen LogP contribution < -0.4 is 16.6 Å². The summed E-state index contributed by atoms with van der Waals surface area (Å²) in [5, 5.41) is 3.12. The highest BCUT2D eigenvalue weighted by atomic mass is 32.1. The molecule has 1 N–H and O–H groups in total. The van der Waals surface area contributed by atoms with E-state index in [9.17, 15) is 14.4 Å². The Morgan fingerprint density at radius 3 is 2.74 bits per heavy atom. The van der Waals surface area contributed by atoms with Gasteiger partial charge in [0.2, 0.25) is 0 Å². The van der Waals surface area contributed by atoms with Crippen molar-refractivity contribution in [2.24, 2.45) is 14.1 Å². The molecule has 0 aromatic carbocycles. The molecule has 0 radical (unpaired) electrons. The number of carbonyl (C=O) groups is 1. The number of pyridine rings is 1. The minimum Gasteiger partial charge on any atom is -0.346 e. The van der Waals surface area contributed by atoms with Crippen LogP contribution in [0.15, 0.2) is 40.1 Å². The van der Waals surface area contributed by atoms with Crippen molar-refractivity contribution >= 4 is 27.5 Å². The summed E-state index contributed by atoms with van der Waals surface area (Å²) in [6.07, 6.45) is 1.65. The van der Waals surface area contributed by atoms with Crippen LogP contribution in [0.5, 0.6) is 0 Å². The first kappa shape index (κ1) is 15.2. The number of aryl methyl sites for hydroxylation is 1. The predicted octanol–water partition coefficient (Wildman–Crippen LogP) is 0.624. The van der Waals surface area contributed by atoms with E-state index >= 15 is 0 Å². The van der Waals surface area contributed by atoms with Crippen LogP contribution in [-0.4, -0.2) is 20.0 Å². The second-order valence-electron chi connectivity index (χ2n) is 5.04. The van der Waals surface area contributed by atoms with E-state index in [0.717, 1.165) is 21.6 Å². The summed E-state index contributed by atoms with van der Waals surface area (Å²) in [6, 6.07) is 6.97. The first-order valence-corrected chi connectivity index (χ1v) is 7.68. The van der Waals surface area contributed by atoms with E-state index in [1.807, 2.05) is 12.1 Å². The lowest BCUT2D eigenvalue weighted by Crippen LogP contribution is -2.36. The van der Waals surface area contributed by atoms with Crippen LogP contribution in [0, 0.1) is 0 Å². The maximum Gasteiger partial charge on any atom is 0.331 e. The number of nitrogens with zero attached hydrogens (tertiary/aromatic N) is 3. The molecule has 23 heavy (non-hydrogen) atoms. The molecule has 0 fully saturated rings. The Morgan fingerprint density at radius 1 is 1.26 bits per heavy atom. The summed E-state index contributed by atoms with van der Waals surface area (Å²) in [5.74, 6) is -0.300. The van der Waals surface area contributed by atoms with Crippen LogP contribution in [0.1, 0.15) is 15.4 Å². The highest BCUT2D eigenvalue weighted by Gasteiger charge is 2.16. The number of fused-ring (bicyclic) bond motifs is 1. The molecule has 0 aliphatic rings. The fourth-order valence-electron chi connectivity index (χ4n) is 2.24. The normalized spacial score (nSPS) is 10.9. The second kappa shape index (κ2) is 5.81. The average Bonchev–Trinajstić information content (AvgIpc) is 3.02. The molecule has 0 saturated carbocycles. The lowest BCUT2D eigenvalue weighted by atomic mass is 10.3. The molecule has 3 aromatic rings. The molecule has 0 spiro atoms. The van der Waals surface area contributed by atoms with Crippen LogP contribution in [0.25, 0.3) is 10.2 Å². The van der Waals surface area contributed by atoms with Gasteiger partial charge in [0.05, 0.1) is 22.5 Å². The molecule has 3 heterocycles. The van der Waals surface area contributed by atoms with E-state index in [1.54, 1.807) is 19.3 Å². The Bertz CT molecular complexity index is 1000. The molecule has 0 aliphatic carbocycles. The topological polar surface area (TPSA) is 86.0 Å². The second-order valence-corrected chi connectivity index (χ2v) is 6.07. The number of hydrogen-bond acceptors (Lipinski definition) is 5. The summed E-state index contributed by atoms with van der Waals surface area (Å²) in [4.78, 5) is 41.3. The third kappa shape index (κ3) is 2.68. The predicted molar refractivity (Wildman–Crippen MR) is 87.7 cm³/mol. The van der Waals surface area contributed by atoms with Crippen LogP contribution in [-0.2, 0) is 20.6 Å². The summed E-state index contributed by atoms with van der Waals surface area (Å²) in [5.41, 5.74) is -0.0711. The number of carbonyl (C=O) groups excluding carboxylic acids is 1. The van der Waals surface area contributed by atoms with Gasteiger partial charge in [0.1, 0.15) is 4.83 Å². The minimum absolute atomic E-state index is 0.296. The minimum atomic E-state index is -0.412. The number of amides is 1. The van der Waals surface area contributed by atoms with Gasteiger partial charge < -0.3 is 5.32 Å². The van der Waals surface area contributed by atoms with Gasteiger partial charge in [0.15, 0.2) is 0 Å². The lowest BCUT2D eigenvalue weighted by Gasteiger charge is -2.02. The Balaban J connectivity index is 1.93. The largest absolute Gasteiger partial charge is 0.346 e. The zero-order chi connectivity index (χ0) is 16.6. The van der Waals surface area contributed by atoms with Crippen molar-refractivity contribution in [3.63, 3.8) is 0 Å². The third-order valence-electron chi connectivity index (χ3n) is 3.51. The average molecular weight is 330 g/mol. The van der Waals surface area contributed by atoms with Gasteiger partial charge in [0.25, 0.3) is 11.5 Å². The zero-order valence-corrected chi connectivity index (χ0v) is 13.4. The van der Waals surface area contributed by atoms with Crippen LogP contribution >= 0.6 is 11.3 Å². The van der Waals surface area contributed by atoms with Gasteiger partial charge in [-0.15, -0.1) is 11.3 Å². The fraction of sp³-hybridized carbons (Fsp3) is 0.200. The standard InChI is InChI=1S/C15H14N4O3S/c1-18-13(21)10-7-11(23-14(10)19(2)15(18)22)12(20)17-8-9-5-3-4-6-16-9/h3-7H,8H2,1-2H3,(H,17,20). The van der Waals surface area contributed by atoms with Gasteiger partial charge in [-0.2, -0.15) is 0 Å². The smallest absolute Gasteiger partial charge is 0.331 e. The lowest BCUT2D eigenvalue weighted by molar-refractivity contribution is 0.0954. The maximum atomic E-state index is 12.3. The number of nitrogens with one attached hydrogen (secondary N) is 1. The molecule has 8 heteroatoms. The molecule has 3 rings (SSSR count). The molecule has 0 saturated heterocycles. The van der Waals surface area contributed by atoms with Gasteiger partial charge in [-0.1, -0.05) is 6.07 Å². The fourth-order valence-corrected chi connectivity index (χ4v) is 3.26. The number of aromatic nitrogens is 3. The van der Waals surface area contributed by atoms with Crippen molar-refractivity contribution in [1.29, 1.82) is 0 Å². The zero-order valence-electron chi connectivity index (χ0n) is 12.6. The van der Waals surface area contributed by atoms with Gasteiger partial charge in [-0.3, -0.25) is 23.7 Å². The SMILES string of the molecule is Cn1c(=O)c2cc(C(=O)NCc3ccccn3)sc2n(C)c1=O. The number of hydrogen-bond donors (Lipinski definition) is 1. The van der Waals surface area contributed by atoms with Crippen molar-refractivity contribution in [2.45, 2.75) is 6.54 Å². The highest BCUT2D eigenvalue weighted by Crippen LogP contribution is 2.21. The van der Waals surface area contributed by atoms with E-state index < -0.39 is 11.2 Å². The van der Waals surface area contributed by atoms with Crippen molar-refractivity contribution in [2.75, 3.05) is 0 Å². The van der Waals surface area contributed by atoms with E-state index in [4.69, 9.17) is 0 Å². The van der Waals surface area contributed by atoms with Crippen LogP contribution in [0.2, 0.25) is 0 Å². The molecule has 0 aliphatic heterocycles. The van der Waals surface area contributed by atoms with Crippen molar-refractivity contribution < 1.29 is 4.79 Å². The Labute approximate surface area is 134 Å². The summed E-state index contributed by atoms with van der Waals surface area (Å²) in [7, 11) is 3.00. The Morgan fingerprint density at radius 2 is 2.04 bits per heavy atom. The van der Waals surface area contributed by atoms with E-state index in [-0.39, 0.29) is 5.91 Å². The van der Waals surface area contributed by atoms with Crippen molar-refractivity contribution in [3.8, 4) is 0 Å². The monoisotopic (exact) mass is 330 g/mol. The maximum absolute atomic E-state index is 12.3. The molecule has 7 nitrogen and oxygen atoms in total. The van der Waals surface area contributed by atoms with Gasteiger partial charge in [-0.05, 0) is 18.2 Å². The summed E-state index contributed by atoms with van der Waals surface area (Å²) >= 11 is 1.12. The number of thiophene rings is 1. The Hall–Kier alpha value is -2.74. The highest BCUT2D eigenvalue weighted by molar-refractivity contribution is 7.20. The number of rotatable bonds is 3. The van der Waals surface area contributed by atoms with Gasteiger partial charge in [0, 0.05) is 20.3 Å². The third-order valence-corrected chi connectivity index (χ3v) is 4.72. The summed E-state index contributed by atoms with van der Waals surface area (Å²) in [6.45, 7) is 0.296. The molecular weight excluding hydrogens is 316 g/mol. The summed E-state index contributed by atoms with van der Waals surface area (Å²) < 4.78 is 2.40. The van der Waals surface area contributed by atoms with Crippen LogP contribution in [0.4, 0.5) is 0 Å². The van der Waals surface area contributed by atoms with E-state index in [2.05, 4.69) is 10.3 Å². The van der Waals surface area contributed by atoms with Crippen molar-refractivity contribution in [3.05, 3.63) is 61.9 Å². The van der Waals surface area contributed by atoms with Gasteiger partial charge >= 0.3 is 5.69 Å². The molecule has 0 bridgehead atoms. The first-order chi connectivity index (χ1) is 11.0. The molecule has 3 aromatic heterocycles. The van der Waals surface area contributed by atoms with E-state index in [0.29, 0.717) is 21.6 Å². The molecule has 0 atom stereocenters. The Kier molecular flexibility index (Phi) is 3.83. The molecule has 1 amide bonds. The van der Waals surface area contributed by atoms with Crippen LogP contribution in [0.3, 0.4) is 0 Å². The van der Waals surface area contributed by atoms with Gasteiger partial charge in [-0.25, -0.2) is 4.79 Å². The van der Waals surface area contributed by atoms with Crippen molar-refractivity contribution in [1.82, 2.24) is 19.4 Å². The molecule has 118 valence electrons. The molecular formula is C15H14N4O3S. The van der Waals surface area contributed by atoms with E-state index in [1.165, 1.54) is 17.7 Å².